The predicted octanol–water partition coefficient (Wildman–Crippen LogP) is 1.51. The van der Waals surface area contributed by atoms with Crippen LogP contribution in [0, 0.1) is 0 Å². The molecule has 1 saturated heterocycles. The van der Waals surface area contributed by atoms with E-state index in [1.807, 2.05) is 21.9 Å². The first-order chi connectivity index (χ1) is 10.7. The van der Waals surface area contributed by atoms with E-state index in [4.69, 9.17) is 14.2 Å². The molecule has 0 unspecified atom stereocenters. The molecular formula is C16H22N2O4. The molecule has 1 fully saturated rings. The van der Waals surface area contributed by atoms with Gasteiger partial charge in [0, 0.05) is 26.2 Å². The lowest BCUT2D eigenvalue weighted by Gasteiger charge is -2.35. The molecule has 22 heavy (non-hydrogen) atoms. The second-order valence-electron chi connectivity index (χ2n) is 5.53. The van der Waals surface area contributed by atoms with E-state index in [-0.39, 0.29) is 6.03 Å². The summed E-state index contributed by atoms with van der Waals surface area (Å²) in [7, 11) is 3.27. The van der Waals surface area contributed by atoms with Crippen molar-refractivity contribution in [1.29, 1.82) is 0 Å². The Hall–Kier alpha value is -1.95. The van der Waals surface area contributed by atoms with E-state index >= 15 is 0 Å². The summed E-state index contributed by atoms with van der Waals surface area (Å²) in [6, 6.07) is 4.10. The van der Waals surface area contributed by atoms with Gasteiger partial charge < -0.3 is 24.0 Å². The largest absolute Gasteiger partial charge is 0.493 e. The molecule has 0 aromatic heterocycles. The number of hydrogen-bond acceptors (Lipinski definition) is 4. The van der Waals surface area contributed by atoms with E-state index in [2.05, 4.69) is 0 Å². The molecule has 0 atom stereocenters. The summed E-state index contributed by atoms with van der Waals surface area (Å²) in [5.41, 5.74) is 2.36. The molecule has 2 aliphatic heterocycles. The summed E-state index contributed by atoms with van der Waals surface area (Å²) in [5, 5.41) is 0. The molecule has 0 aliphatic carbocycles. The van der Waals surface area contributed by atoms with Crippen molar-refractivity contribution >= 4 is 6.03 Å². The second kappa shape index (κ2) is 6.44. The zero-order valence-electron chi connectivity index (χ0n) is 13.1. The summed E-state index contributed by atoms with van der Waals surface area (Å²) in [6.45, 7) is 3.95. The van der Waals surface area contributed by atoms with Crippen molar-refractivity contribution in [1.82, 2.24) is 9.80 Å². The first kappa shape index (κ1) is 15.0. The van der Waals surface area contributed by atoms with Crippen molar-refractivity contribution in [3.63, 3.8) is 0 Å². The van der Waals surface area contributed by atoms with Crippen molar-refractivity contribution in [2.75, 3.05) is 47.1 Å². The van der Waals surface area contributed by atoms with Crippen LogP contribution in [0.2, 0.25) is 0 Å². The highest BCUT2D eigenvalue weighted by Crippen LogP contribution is 2.33. The third-order valence-electron chi connectivity index (χ3n) is 4.27. The Morgan fingerprint density at radius 3 is 2.27 bits per heavy atom. The standard InChI is InChI=1S/C16H22N2O4/c1-20-14-9-12-3-4-18(11-13(12)10-15(14)21-2)16(19)17-5-7-22-8-6-17/h9-10H,3-8,11H2,1-2H3. The molecule has 1 aromatic rings. The topological polar surface area (TPSA) is 51.2 Å². The Morgan fingerprint density at radius 2 is 1.64 bits per heavy atom. The molecule has 2 aliphatic rings. The normalized spacial score (nSPS) is 17.9. The molecule has 3 rings (SSSR count). The van der Waals surface area contributed by atoms with Crippen molar-refractivity contribution in [2.45, 2.75) is 13.0 Å². The maximum atomic E-state index is 12.6. The van der Waals surface area contributed by atoms with Crippen molar-refractivity contribution in [3.05, 3.63) is 23.3 Å². The van der Waals surface area contributed by atoms with Gasteiger partial charge in [-0.1, -0.05) is 0 Å². The molecule has 6 nitrogen and oxygen atoms in total. The molecule has 1 aromatic carbocycles. The highest BCUT2D eigenvalue weighted by Gasteiger charge is 2.27. The van der Waals surface area contributed by atoms with Crippen LogP contribution < -0.4 is 9.47 Å². The molecule has 2 amide bonds. The second-order valence-corrected chi connectivity index (χ2v) is 5.53. The predicted molar refractivity (Wildman–Crippen MR) is 81.4 cm³/mol. The first-order valence-corrected chi connectivity index (χ1v) is 7.58. The monoisotopic (exact) mass is 306 g/mol. The maximum Gasteiger partial charge on any atom is 0.320 e. The zero-order chi connectivity index (χ0) is 15.5. The number of urea groups is 1. The Balaban J connectivity index is 1.76. The molecule has 6 heteroatoms. The Bertz CT molecular complexity index is 555. The minimum Gasteiger partial charge on any atom is -0.493 e. The van der Waals surface area contributed by atoms with Gasteiger partial charge in [0.05, 0.1) is 27.4 Å². The Labute approximate surface area is 130 Å². The number of benzene rings is 1. The highest BCUT2D eigenvalue weighted by atomic mass is 16.5. The molecule has 0 bridgehead atoms. The number of fused-ring (bicyclic) bond motifs is 1. The zero-order valence-corrected chi connectivity index (χ0v) is 13.1. The lowest BCUT2D eigenvalue weighted by atomic mass is 9.99. The van der Waals surface area contributed by atoms with Crippen LogP contribution >= 0.6 is 0 Å². The van der Waals surface area contributed by atoms with Crippen LogP contribution in [0.1, 0.15) is 11.1 Å². The average molecular weight is 306 g/mol. The maximum absolute atomic E-state index is 12.6. The summed E-state index contributed by atoms with van der Waals surface area (Å²) in [5.74, 6) is 1.45. The van der Waals surface area contributed by atoms with Gasteiger partial charge in [0.25, 0.3) is 0 Å². The molecule has 0 saturated carbocycles. The van der Waals surface area contributed by atoms with Gasteiger partial charge in [0.2, 0.25) is 0 Å². The average Bonchev–Trinajstić information content (AvgIpc) is 2.60. The van der Waals surface area contributed by atoms with Crippen molar-refractivity contribution in [3.8, 4) is 11.5 Å². The molecule has 2 heterocycles. The van der Waals surface area contributed by atoms with Gasteiger partial charge in [-0.05, 0) is 29.7 Å². The van der Waals surface area contributed by atoms with Crippen LogP contribution in [0.25, 0.3) is 0 Å². The van der Waals surface area contributed by atoms with E-state index in [0.29, 0.717) is 38.6 Å². The lowest BCUT2D eigenvalue weighted by molar-refractivity contribution is 0.0421. The Morgan fingerprint density at radius 1 is 1.00 bits per heavy atom. The lowest BCUT2D eigenvalue weighted by Crippen LogP contribution is -2.49. The molecular weight excluding hydrogens is 284 g/mol. The van der Waals surface area contributed by atoms with Gasteiger partial charge in [-0.25, -0.2) is 4.79 Å². The van der Waals surface area contributed by atoms with E-state index in [0.717, 1.165) is 24.3 Å². The number of rotatable bonds is 2. The summed E-state index contributed by atoms with van der Waals surface area (Å²) in [4.78, 5) is 16.4. The summed E-state index contributed by atoms with van der Waals surface area (Å²) in [6.07, 6.45) is 0.839. The summed E-state index contributed by atoms with van der Waals surface area (Å²) >= 11 is 0. The number of morpholine rings is 1. The van der Waals surface area contributed by atoms with Crippen molar-refractivity contribution < 1.29 is 19.0 Å². The fourth-order valence-electron chi connectivity index (χ4n) is 3.00. The minimum absolute atomic E-state index is 0.101. The summed E-state index contributed by atoms with van der Waals surface area (Å²) < 4.78 is 16.0. The molecule has 0 radical (unpaired) electrons. The number of methoxy groups -OCH3 is 2. The number of hydrogen-bond donors (Lipinski definition) is 0. The van der Waals surface area contributed by atoms with Crippen LogP contribution in [0.3, 0.4) is 0 Å². The first-order valence-electron chi connectivity index (χ1n) is 7.58. The van der Waals surface area contributed by atoms with Gasteiger partial charge in [-0.3, -0.25) is 0 Å². The molecule has 0 N–H and O–H groups in total. The SMILES string of the molecule is COc1cc2c(cc1OC)CN(C(=O)N1CCOCC1)CC2. The number of carbonyl (C=O) groups excluding carboxylic acids is 1. The number of ether oxygens (including phenoxy) is 3. The van der Waals surface area contributed by atoms with Gasteiger partial charge >= 0.3 is 6.03 Å². The number of nitrogens with zero attached hydrogens (tertiary/aromatic N) is 2. The van der Waals surface area contributed by atoms with Gasteiger partial charge in [-0.15, -0.1) is 0 Å². The number of carbonyl (C=O) groups is 1. The van der Waals surface area contributed by atoms with E-state index in [1.54, 1.807) is 14.2 Å². The smallest absolute Gasteiger partial charge is 0.320 e. The fraction of sp³-hybridized carbons (Fsp3) is 0.562. The van der Waals surface area contributed by atoms with E-state index in [9.17, 15) is 4.79 Å². The van der Waals surface area contributed by atoms with E-state index < -0.39 is 0 Å². The van der Waals surface area contributed by atoms with Crippen LogP contribution in [0.4, 0.5) is 4.79 Å². The molecule has 120 valence electrons. The minimum atomic E-state index is 0.101. The Kier molecular flexibility index (Phi) is 4.38. The van der Waals surface area contributed by atoms with Crippen LogP contribution in [0.5, 0.6) is 11.5 Å². The van der Waals surface area contributed by atoms with Gasteiger partial charge in [0.15, 0.2) is 11.5 Å². The third kappa shape index (κ3) is 2.83. The van der Waals surface area contributed by atoms with E-state index in [1.165, 1.54) is 5.56 Å². The fourth-order valence-corrected chi connectivity index (χ4v) is 3.00. The van der Waals surface area contributed by atoms with Crippen LogP contribution in [0.15, 0.2) is 12.1 Å². The van der Waals surface area contributed by atoms with Crippen molar-refractivity contribution in [2.24, 2.45) is 0 Å². The third-order valence-corrected chi connectivity index (χ3v) is 4.27. The number of amides is 2. The molecule has 0 spiro atoms. The van der Waals surface area contributed by atoms with Gasteiger partial charge in [-0.2, -0.15) is 0 Å². The van der Waals surface area contributed by atoms with Gasteiger partial charge in [0.1, 0.15) is 0 Å². The quantitative estimate of drug-likeness (QED) is 0.831. The highest BCUT2D eigenvalue weighted by molar-refractivity contribution is 5.75. The van der Waals surface area contributed by atoms with Crippen LogP contribution in [-0.4, -0.2) is 62.9 Å². The van der Waals surface area contributed by atoms with Crippen LogP contribution in [-0.2, 0) is 17.7 Å².